The molecule has 1 aliphatic carbocycles. The van der Waals surface area contributed by atoms with Crippen LogP contribution in [0.5, 0.6) is 0 Å². The summed E-state index contributed by atoms with van der Waals surface area (Å²) in [5.74, 6) is 1.05. The molecule has 5 rings (SSSR count). The number of likely N-dealkylation sites (tertiary alicyclic amines) is 1. The quantitative estimate of drug-likeness (QED) is 0.612. The van der Waals surface area contributed by atoms with Gasteiger partial charge in [-0.3, -0.25) is 9.59 Å². The van der Waals surface area contributed by atoms with Gasteiger partial charge in [0.1, 0.15) is 5.52 Å². The molecule has 6 nitrogen and oxygen atoms in total. The summed E-state index contributed by atoms with van der Waals surface area (Å²) in [6.07, 6.45) is 7.09. The van der Waals surface area contributed by atoms with Gasteiger partial charge in [0.2, 0.25) is 17.7 Å². The van der Waals surface area contributed by atoms with E-state index in [0.29, 0.717) is 24.9 Å². The molecule has 2 amide bonds. The van der Waals surface area contributed by atoms with Crippen molar-refractivity contribution in [1.82, 2.24) is 9.88 Å². The van der Waals surface area contributed by atoms with E-state index in [1.807, 2.05) is 53.4 Å². The Balaban J connectivity index is 1.15. The van der Waals surface area contributed by atoms with Gasteiger partial charge in [-0.15, -0.1) is 0 Å². The van der Waals surface area contributed by atoms with Crippen molar-refractivity contribution < 1.29 is 14.0 Å². The van der Waals surface area contributed by atoms with E-state index in [9.17, 15) is 9.59 Å². The summed E-state index contributed by atoms with van der Waals surface area (Å²) in [5, 5.41) is 3.03. The molecule has 1 aliphatic heterocycles. The number of nitrogens with one attached hydrogen (secondary N) is 1. The van der Waals surface area contributed by atoms with Gasteiger partial charge in [0.05, 0.1) is 0 Å². The fraction of sp³-hybridized carbons (Fsp3) is 0.423. The minimum Gasteiger partial charge on any atom is -0.436 e. The molecule has 0 spiro atoms. The summed E-state index contributed by atoms with van der Waals surface area (Å²) in [6, 6.07) is 15.3. The van der Waals surface area contributed by atoms with Crippen molar-refractivity contribution in [2.75, 3.05) is 18.4 Å². The van der Waals surface area contributed by atoms with Crippen molar-refractivity contribution >= 4 is 28.6 Å². The summed E-state index contributed by atoms with van der Waals surface area (Å²) in [7, 11) is 0. The summed E-state index contributed by atoms with van der Waals surface area (Å²) in [6.45, 7) is 1.37. The van der Waals surface area contributed by atoms with Crippen molar-refractivity contribution in [3.63, 3.8) is 0 Å². The van der Waals surface area contributed by atoms with E-state index in [1.165, 1.54) is 19.3 Å². The van der Waals surface area contributed by atoms with Gasteiger partial charge in [-0.25, -0.2) is 4.98 Å². The Hall–Kier alpha value is -3.15. The summed E-state index contributed by atoms with van der Waals surface area (Å²) in [5.41, 5.74) is 3.21. The van der Waals surface area contributed by atoms with Crippen molar-refractivity contribution in [1.29, 1.82) is 0 Å². The number of nitrogens with zero attached hydrogens (tertiary/aromatic N) is 2. The highest BCUT2D eigenvalue weighted by Gasteiger charge is 2.31. The first kappa shape index (κ1) is 20.7. The van der Waals surface area contributed by atoms with Crippen LogP contribution in [0.25, 0.3) is 22.6 Å². The first-order chi connectivity index (χ1) is 15.7. The predicted octanol–water partition coefficient (Wildman–Crippen LogP) is 5.25. The van der Waals surface area contributed by atoms with Gasteiger partial charge in [-0.2, -0.15) is 0 Å². The third kappa shape index (κ3) is 4.40. The van der Waals surface area contributed by atoms with E-state index in [4.69, 9.17) is 4.42 Å². The standard InChI is InChI=1S/C26H29N3O3/c30-24(18-14-16-29(17-15-18)26(31)20-6-2-1-3-7-20)27-21-12-10-19(11-13-21)25-28-22-8-4-5-9-23(22)32-25/h4-5,8-13,18,20H,1-3,6-7,14-17H2,(H,27,30). The maximum absolute atomic E-state index is 12.8. The minimum absolute atomic E-state index is 0.0318. The molecule has 0 bridgehead atoms. The summed E-state index contributed by atoms with van der Waals surface area (Å²) in [4.78, 5) is 32.0. The first-order valence-corrected chi connectivity index (χ1v) is 11.7. The maximum atomic E-state index is 12.8. The second-order valence-corrected chi connectivity index (χ2v) is 8.99. The van der Waals surface area contributed by atoms with Crippen molar-refractivity contribution in [2.45, 2.75) is 44.9 Å². The highest BCUT2D eigenvalue weighted by Crippen LogP contribution is 2.29. The zero-order chi connectivity index (χ0) is 21.9. The van der Waals surface area contributed by atoms with Crippen LogP contribution in [-0.4, -0.2) is 34.8 Å². The van der Waals surface area contributed by atoms with Crippen molar-refractivity contribution in [2.24, 2.45) is 11.8 Å². The number of para-hydroxylation sites is 2. The average molecular weight is 432 g/mol. The smallest absolute Gasteiger partial charge is 0.227 e. The minimum atomic E-state index is -0.0536. The number of piperidine rings is 1. The molecule has 32 heavy (non-hydrogen) atoms. The Bertz CT molecular complexity index is 1060. The van der Waals surface area contributed by atoms with Gasteiger partial charge in [-0.1, -0.05) is 31.4 Å². The molecule has 1 aromatic heterocycles. The lowest BCUT2D eigenvalue weighted by atomic mass is 9.87. The van der Waals surface area contributed by atoms with Crippen LogP contribution in [-0.2, 0) is 9.59 Å². The Labute approximate surface area is 188 Å². The normalized spacial score (nSPS) is 18.1. The fourth-order valence-corrected chi connectivity index (χ4v) is 4.91. The zero-order valence-corrected chi connectivity index (χ0v) is 18.3. The number of benzene rings is 2. The van der Waals surface area contributed by atoms with Crippen LogP contribution in [0.1, 0.15) is 44.9 Å². The molecule has 0 unspecified atom stereocenters. The number of rotatable bonds is 4. The number of aromatic nitrogens is 1. The third-order valence-electron chi connectivity index (χ3n) is 6.83. The lowest BCUT2D eigenvalue weighted by molar-refractivity contribution is -0.139. The number of oxazole rings is 1. The lowest BCUT2D eigenvalue weighted by Gasteiger charge is -2.34. The van der Waals surface area contributed by atoms with Crippen LogP contribution >= 0.6 is 0 Å². The molecule has 6 heteroatoms. The third-order valence-corrected chi connectivity index (χ3v) is 6.83. The second kappa shape index (κ2) is 9.15. The predicted molar refractivity (Wildman–Crippen MR) is 124 cm³/mol. The number of anilines is 1. The van der Waals surface area contributed by atoms with Crippen molar-refractivity contribution in [3.8, 4) is 11.5 Å². The molecule has 0 atom stereocenters. The Kier molecular flexibility index (Phi) is 5.93. The highest BCUT2D eigenvalue weighted by atomic mass is 16.3. The summed E-state index contributed by atoms with van der Waals surface area (Å²) >= 11 is 0. The lowest BCUT2D eigenvalue weighted by Crippen LogP contribution is -2.44. The molecule has 2 fully saturated rings. The number of carbonyl (C=O) groups is 2. The number of fused-ring (bicyclic) bond motifs is 1. The molecule has 1 N–H and O–H groups in total. The highest BCUT2D eigenvalue weighted by molar-refractivity contribution is 5.93. The van der Waals surface area contributed by atoms with Gasteiger partial charge >= 0.3 is 0 Å². The molecule has 3 aromatic rings. The maximum Gasteiger partial charge on any atom is 0.227 e. The van der Waals surface area contributed by atoms with Gasteiger partial charge in [0.25, 0.3) is 0 Å². The Morgan fingerprint density at radius 3 is 2.31 bits per heavy atom. The van der Waals surface area contributed by atoms with E-state index >= 15 is 0 Å². The van der Waals surface area contributed by atoms with E-state index in [2.05, 4.69) is 10.3 Å². The Morgan fingerprint density at radius 1 is 0.875 bits per heavy atom. The molecule has 166 valence electrons. The van der Waals surface area contributed by atoms with E-state index in [1.54, 1.807) is 0 Å². The average Bonchev–Trinajstić information content (AvgIpc) is 3.29. The van der Waals surface area contributed by atoms with Crippen LogP contribution in [0.2, 0.25) is 0 Å². The van der Waals surface area contributed by atoms with Crippen LogP contribution in [0.15, 0.2) is 52.9 Å². The second-order valence-electron chi connectivity index (χ2n) is 8.99. The Morgan fingerprint density at radius 2 is 1.59 bits per heavy atom. The van der Waals surface area contributed by atoms with Gasteiger partial charge in [0, 0.05) is 36.2 Å². The largest absolute Gasteiger partial charge is 0.436 e. The van der Waals surface area contributed by atoms with Gasteiger partial charge < -0.3 is 14.6 Å². The molecule has 1 saturated heterocycles. The van der Waals surface area contributed by atoms with E-state index in [0.717, 1.165) is 48.0 Å². The number of hydrogen-bond donors (Lipinski definition) is 1. The van der Waals surface area contributed by atoms with Gasteiger partial charge in [0.15, 0.2) is 5.58 Å². The molecular weight excluding hydrogens is 402 g/mol. The number of carbonyl (C=O) groups excluding carboxylic acids is 2. The van der Waals surface area contributed by atoms with Crippen LogP contribution < -0.4 is 5.32 Å². The van der Waals surface area contributed by atoms with Gasteiger partial charge in [-0.05, 0) is 62.1 Å². The molecule has 0 radical (unpaired) electrons. The fourth-order valence-electron chi connectivity index (χ4n) is 4.91. The molecule has 2 heterocycles. The number of hydrogen-bond acceptors (Lipinski definition) is 4. The van der Waals surface area contributed by atoms with Crippen LogP contribution in [0.4, 0.5) is 5.69 Å². The molecule has 2 aliphatic rings. The SMILES string of the molecule is O=C(Nc1ccc(-c2nc3ccccc3o2)cc1)C1CCN(C(=O)C2CCCCC2)CC1. The molecule has 1 saturated carbocycles. The molecular formula is C26H29N3O3. The van der Waals surface area contributed by atoms with Crippen molar-refractivity contribution in [3.05, 3.63) is 48.5 Å². The van der Waals surface area contributed by atoms with E-state index in [-0.39, 0.29) is 17.7 Å². The monoisotopic (exact) mass is 431 g/mol. The summed E-state index contributed by atoms with van der Waals surface area (Å²) < 4.78 is 5.81. The number of amides is 2. The van der Waals surface area contributed by atoms with Crippen LogP contribution in [0.3, 0.4) is 0 Å². The zero-order valence-electron chi connectivity index (χ0n) is 18.3. The van der Waals surface area contributed by atoms with E-state index < -0.39 is 0 Å². The topological polar surface area (TPSA) is 75.4 Å². The molecule has 2 aromatic carbocycles. The first-order valence-electron chi connectivity index (χ1n) is 11.7. The van der Waals surface area contributed by atoms with Crippen LogP contribution in [0, 0.1) is 11.8 Å².